The summed E-state index contributed by atoms with van der Waals surface area (Å²) >= 11 is 0. The van der Waals surface area contributed by atoms with Crippen molar-refractivity contribution in [1.29, 1.82) is 0 Å². The summed E-state index contributed by atoms with van der Waals surface area (Å²) in [4.78, 5) is 42.6. The summed E-state index contributed by atoms with van der Waals surface area (Å²) in [5, 5.41) is 14.1. The van der Waals surface area contributed by atoms with Crippen LogP contribution in [0.15, 0.2) is 29.5 Å². The van der Waals surface area contributed by atoms with Crippen LogP contribution in [0.2, 0.25) is 0 Å². The number of aliphatic carboxylic acids is 1. The molecular formula is C16H24N6O4. The fourth-order valence-electron chi connectivity index (χ4n) is 2.07. The van der Waals surface area contributed by atoms with Crippen LogP contribution in [0.4, 0.5) is 0 Å². The van der Waals surface area contributed by atoms with Gasteiger partial charge >= 0.3 is 5.97 Å². The lowest BCUT2D eigenvalue weighted by Gasteiger charge is -2.14. The highest BCUT2D eigenvalue weighted by Crippen LogP contribution is 2.02. The Morgan fingerprint density at radius 2 is 2.12 bits per heavy atom. The number of amides is 2. The average Bonchev–Trinajstić information content (AvgIpc) is 2.63. The van der Waals surface area contributed by atoms with E-state index in [0.717, 1.165) is 0 Å². The number of carbonyl (C=O) groups is 3. The standard InChI is InChI=1S/C16H24N6O4/c17-21-11-19-6-2-1-5-14(23)20-10-15(24)22-13(16(25)26)8-12-4-3-7-18-9-12/h3-4,7,9,11,13H,1-2,5-6,8,10,17H2,(H,19,21)(H,20,23)(H,22,24)(H,25,26). The first-order valence-electron chi connectivity index (χ1n) is 8.15. The zero-order valence-corrected chi connectivity index (χ0v) is 14.4. The van der Waals surface area contributed by atoms with Gasteiger partial charge in [-0.05, 0) is 24.5 Å². The van der Waals surface area contributed by atoms with Crippen molar-refractivity contribution in [2.75, 3.05) is 13.1 Å². The third-order valence-corrected chi connectivity index (χ3v) is 3.35. The minimum atomic E-state index is -1.15. The Hall–Kier alpha value is -3.01. The van der Waals surface area contributed by atoms with Gasteiger partial charge in [0.2, 0.25) is 11.8 Å². The number of nitrogens with two attached hydrogens (primary N) is 1. The van der Waals surface area contributed by atoms with Gasteiger partial charge in [-0.15, -0.1) is 0 Å². The van der Waals surface area contributed by atoms with Crippen molar-refractivity contribution in [1.82, 2.24) is 21.0 Å². The first-order chi connectivity index (χ1) is 12.5. The molecule has 0 aliphatic heterocycles. The first-order valence-corrected chi connectivity index (χ1v) is 8.15. The van der Waals surface area contributed by atoms with Crippen LogP contribution in [0, 0.1) is 0 Å². The predicted molar refractivity (Wildman–Crippen MR) is 95.1 cm³/mol. The van der Waals surface area contributed by atoms with Crippen molar-refractivity contribution in [2.45, 2.75) is 31.7 Å². The van der Waals surface area contributed by atoms with E-state index in [2.05, 4.69) is 26.0 Å². The fraction of sp³-hybridized carbons (Fsp3) is 0.438. The molecule has 1 heterocycles. The van der Waals surface area contributed by atoms with Crippen LogP contribution < -0.4 is 21.9 Å². The third kappa shape index (κ3) is 9.33. The summed E-state index contributed by atoms with van der Waals surface area (Å²) in [6, 6.07) is 2.33. The van der Waals surface area contributed by atoms with Crippen LogP contribution in [0.3, 0.4) is 0 Å². The first kappa shape index (κ1) is 21.0. The van der Waals surface area contributed by atoms with Crippen molar-refractivity contribution in [3.05, 3.63) is 30.1 Å². The second kappa shape index (κ2) is 12.4. The van der Waals surface area contributed by atoms with Crippen molar-refractivity contribution in [3.63, 3.8) is 0 Å². The van der Waals surface area contributed by atoms with Crippen molar-refractivity contribution < 1.29 is 19.5 Å². The van der Waals surface area contributed by atoms with E-state index < -0.39 is 17.9 Å². The molecule has 1 atom stereocenters. The minimum Gasteiger partial charge on any atom is -0.480 e. The van der Waals surface area contributed by atoms with Gasteiger partial charge in [0.25, 0.3) is 0 Å². The van der Waals surface area contributed by atoms with E-state index in [-0.39, 0.29) is 25.3 Å². The molecule has 0 saturated heterocycles. The number of hydrazine groups is 1. The quantitative estimate of drug-likeness (QED) is 0.104. The summed E-state index contributed by atoms with van der Waals surface area (Å²) in [6.07, 6.45) is 6.19. The van der Waals surface area contributed by atoms with Crippen LogP contribution in [-0.4, -0.2) is 53.3 Å². The summed E-state index contributed by atoms with van der Waals surface area (Å²) in [6.45, 7) is 0.275. The SMILES string of the molecule is NNC=NCCCCC(=O)NCC(=O)NC(Cc1cccnc1)C(=O)O. The second-order valence-electron chi connectivity index (χ2n) is 5.46. The molecule has 0 radical (unpaired) electrons. The number of nitrogens with zero attached hydrogens (tertiary/aromatic N) is 2. The Balaban J connectivity index is 2.29. The zero-order valence-electron chi connectivity index (χ0n) is 14.4. The van der Waals surface area contributed by atoms with E-state index in [9.17, 15) is 19.5 Å². The molecule has 142 valence electrons. The maximum absolute atomic E-state index is 11.9. The van der Waals surface area contributed by atoms with E-state index in [1.54, 1.807) is 18.3 Å². The highest BCUT2D eigenvalue weighted by Gasteiger charge is 2.20. The smallest absolute Gasteiger partial charge is 0.326 e. The lowest BCUT2D eigenvalue weighted by atomic mass is 10.1. The van der Waals surface area contributed by atoms with E-state index in [1.807, 2.05) is 0 Å². The van der Waals surface area contributed by atoms with Crippen molar-refractivity contribution >= 4 is 24.1 Å². The number of aromatic nitrogens is 1. The molecule has 0 aromatic carbocycles. The summed E-state index contributed by atoms with van der Waals surface area (Å²) in [7, 11) is 0. The number of hydrogen-bond acceptors (Lipinski definition) is 6. The number of pyridine rings is 1. The predicted octanol–water partition coefficient (Wildman–Crippen LogP) is -1.03. The molecule has 6 N–H and O–H groups in total. The van der Waals surface area contributed by atoms with E-state index in [4.69, 9.17) is 5.84 Å². The lowest BCUT2D eigenvalue weighted by Crippen LogP contribution is -2.46. The highest BCUT2D eigenvalue weighted by atomic mass is 16.4. The molecule has 1 aromatic heterocycles. The number of unbranched alkanes of at least 4 members (excludes halogenated alkanes) is 1. The molecule has 10 nitrogen and oxygen atoms in total. The second-order valence-corrected chi connectivity index (χ2v) is 5.46. The zero-order chi connectivity index (χ0) is 19.2. The van der Waals surface area contributed by atoms with Crippen molar-refractivity contribution in [3.8, 4) is 0 Å². The molecule has 0 aliphatic carbocycles. The Bertz CT molecular complexity index is 608. The van der Waals surface area contributed by atoms with E-state index in [0.29, 0.717) is 24.9 Å². The Kier molecular flexibility index (Phi) is 10.0. The summed E-state index contributed by atoms with van der Waals surface area (Å²) < 4.78 is 0. The van der Waals surface area contributed by atoms with E-state index >= 15 is 0 Å². The van der Waals surface area contributed by atoms with Crippen LogP contribution in [0.1, 0.15) is 24.8 Å². The molecule has 2 amide bonds. The highest BCUT2D eigenvalue weighted by molar-refractivity contribution is 5.87. The number of nitrogens with one attached hydrogen (secondary N) is 3. The molecule has 10 heteroatoms. The van der Waals surface area contributed by atoms with Gasteiger partial charge in [-0.1, -0.05) is 6.07 Å². The largest absolute Gasteiger partial charge is 0.480 e. The van der Waals surface area contributed by atoms with Gasteiger partial charge in [0.1, 0.15) is 6.04 Å². The molecule has 0 saturated carbocycles. The van der Waals surface area contributed by atoms with Gasteiger partial charge in [0, 0.05) is 31.8 Å². The van der Waals surface area contributed by atoms with Gasteiger partial charge in [-0.25, -0.2) is 10.6 Å². The molecule has 1 unspecified atom stereocenters. The fourth-order valence-corrected chi connectivity index (χ4v) is 2.07. The molecule has 26 heavy (non-hydrogen) atoms. The van der Waals surface area contributed by atoms with E-state index in [1.165, 1.54) is 12.5 Å². The maximum atomic E-state index is 11.9. The molecule has 1 aromatic rings. The van der Waals surface area contributed by atoms with Crippen LogP contribution >= 0.6 is 0 Å². The molecule has 0 aliphatic rings. The number of rotatable bonds is 12. The monoisotopic (exact) mass is 364 g/mol. The van der Waals surface area contributed by atoms with Gasteiger partial charge in [-0.2, -0.15) is 0 Å². The molecule has 1 rings (SSSR count). The number of aliphatic imine (C=N–C) groups is 1. The Morgan fingerprint density at radius 1 is 1.31 bits per heavy atom. The molecule has 0 fully saturated rings. The average molecular weight is 364 g/mol. The summed E-state index contributed by atoms with van der Waals surface area (Å²) in [5.74, 6) is 3.02. The van der Waals surface area contributed by atoms with Crippen molar-refractivity contribution in [2.24, 2.45) is 10.8 Å². The molecular weight excluding hydrogens is 340 g/mol. The summed E-state index contributed by atoms with van der Waals surface area (Å²) in [5.41, 5.74) is 2.97. The van der Waals surface area contributed by atoms with Gasteiger partial charge in [-0.3, -0.25) is 19.6 Å². The maximum Gasteiger partial charge on any atom is 0.326 e. The normalized spacial score (nSPS) is 11.7. The Morgan fingerprint density at radius 3 is 2.77 bits per heavy atom. The Labute approximate surface area is 151 Å². The lowest BCUT2D eigenvalue weighted by molar-refractivity contribution is -0.141. The van der Waals surface area contributed by atoms with Crippen LogP contribution in [-0.2, 0) is 20.8 Å². The van der Waals surface area contributed by atoms with Gasteiger partial charge < -0.3 is 21.2 Å². The third-order valence-electron chi connectivity index (χ3n) is 3.35. The van der Waals surface area contributed by atoms with Crippen LogP contribution in [0.25, 0.3) is 0 Å². The van der Waals surface area contributed by atoms with Gasteiger partial charge in [0.15, 0.2) is 0 Å². The van der Waals surface area contributed by atoms with Crippen LogP contribution in [0.5, 0.6) is 0 Å². The molecule has 0 bridgehead atoms. The number of carboxylic acids is 1. The minimum absolute atomic E-state index is 0.112. The topological polar surface area (TPSA) is 159 Å². The van der Waals surface area contributed by atoms with Gasteiger partial charge in [0.05, 0.1) is 12.9 Å². The number of carboxylic acid groups (broad SMARTS) is 1. The molecule has 0 spiro atoms. The number of hydrogen-bond donors (Lipinski definition) is 5. The number of carbonyl (C=O) groups excluding carboxylic acids is 2.